The highest BCUT2D eigenvalue weighted by atomic mass is 16.5. The number of benzene rings is 1. The number of rotatable bonds is 2. The first-order valence-electron chi connectivity index (χ1n) is 6.86. The summed E-state index contributed by atoms with van der Waals surface area (Å²) < 4.78 is 5.44. The highest BCUT2D eigenvalue weighted by Crippen LogP contribution is 2.29. The molecule has 0 spiro atoms. The first kappa shape index (κ1) is 11.1. The second-order valence-electron chi connectivity index (χ2n) is 5.23. The minimum atomic E-state index is 0.831. The molecule has 17 heavy (non-hydrogen) atoms. The van der Waals surface area contributed by atoms with Gasteiger partial charge in [0.25, 0.3) is 0 Å². The first-order valence-corrected chi connectivity index (χ1v) is 6.86. The fourth-order valence-electron chi connectivity index (χ4n) is 3.04. The van der Waals surface area contributed by atoms with Gasteiger partial charge in [-0.1, -0.05) is 12.1 Å². The standard InChI is InChI=1S/C15H21NO/c1-3-13(11-12-6-9-17-10-7-12)14-4-2-8-16-15(14)5-1/h1,3,5,12,16H,2,4,6-11H2. The smallest absolute Gasteiger partial charge is 0.0468 e. The number of hydrogen-bond acceptors (Lipinski definition) is 2. The second-order valence-corrected chi connectivity index (χ2v) is 5.23. The maximum atomic E-state index is 5.44. The third kappa shape index (κ3) is 2.47. The maximum absolute atomic E-state index is 5.44. The molecule has 0 radical (unpaired) electrons. The van der Waals surface area contributed by atoms with E-state index < -0.39 is 0 Å². The monoisotopic (exact) mass is 231 g/mol. The number of fused-ring (bicyclic) bond motifs is 1. The zero-order chi connectivity index (χ0) is 11.5. The largest absolute Gasteiger partial charge is 0.385 e. The Morgan fingerprint density at radius 3 is 3.00 bits per heavy atom. The van der Waals surface area contributed by atoms with Crippen molar-refractivity contribution in [2.24, 2.45) is 5.92 Å². The van der Waals surface area contributed by atoms with Crippen LogP contribution in [0.15, 0.2) is 18.2 Å². The van der Waals surface area contributed by atoms with Crippen molar-refractivity contribution in [2.75, 3.05) is 25.1 Å². The molecule has 0 unspecified atom stereocenters. The number of nitrogens with one attached hydrogen (secondary N) is 1. The summed E-state index contributed by atoms with van der Waals surface area (Å²) in [7, 11) is 0. The van der Waals surface area contributed by atoms with Crippen LogP contribution in [0.25, 0.3) is 0 Å². The van der Waals surface area contributed by atoms with E-state index in [0.717, 1.165) is 25.7 Å². The molecule has 1 N–H and O–H groups in total. The van der Waals surface area contributed by atoms with Gasteiger partial charge in [-0.15, -0.1) is 0 Å². The molecule has 2 aliphatic heterocycles. The minimum Gasteiger partial charge on any atom is -0.385 e. The molecule has 0 aromatic heterocycles. The predicted octanol–water partition coefficient (Wildman–Crippen LogP) is 3.01. The third-order valence-electron chi connectivity index (χ3n) is 4.04. The highest BCUT2D eigenvalue weighted by molar-refractivity contribution is 5.56. The maximum Gasteiger partial charge on any atom is 0.0468 e. The Morgan fingerprint density at radius 2 is 2.12 bits per heavy atom. The lowest BCUT2D eigenvalue weighted by molar-refractivity contribution is 0.0665. The summed E-state index contributed by atoms with van der Waals surface area (Å²) >= 11 is 0. The molecule has 2 heterocycles. The van der Waals surface area contributed by atoms with Gasteiger partial charge < -0.3 is 10.1 Å². The summed E-state index contributed by atoms with van der Waals surface area (Å²) in [6.07, 6.45) is 6.24. The number of anilines is 1. The van der Waals surface area contributed by atoms with Crippen molar-refractivity contribution in [1.82, 2.24) is 0 Å². The lowest BCUT2D eigenvalue weighted by atomic mass is 9.87. The van der Waals surface area contributed by atoms with Gasteiger partial charge in [0.1, 0.15) is 0 Å². The van der Waals surface area contributed by atoms with Gasteiger partial charge in [0, 0.05) is 25.4 Å². The van der Waals surface area contributed by atoms with Crippen molar-refractivity contribution in [2.45, 2.75) is 32.1 Å². The number of ether oxygens (including phenoxy) is 1. The Balaban J connectivity index is 1.77. The fourth-order valence-corrected chi connectivity index (χ4v) is 3.04. The second kappa shape index (κ2) is 5.09. The van der Waals surface area contributed by atoms with Crippen LogP contribution in [0.3, 0.4) is 0 Å². The van der Waals surface area contributed by atoms with E-state index in [1.54, 1.807) is 11.1 Å². The summed E-state index contributed by atoms with van der Waals surface area (Å²) in [5.41, 5.74) is 4.52. The van der Waals surface area contributed by atoms with Crippen molar-refractivity contribution in [1.29, 1.82) is 0 Å². The van der Waals surface area contributed by atoms with E-state index in [1.807, 2.05) is 0 Å². The van der Waals surface area contributed by atoms with Gasteiger partial charge in [-0.05, 0) is 55.2 Å². The molecule has 1 saturated heterocycles. The molecule has 2 nitrogen and oxygen atoms in total. The van der Waals surface area contributed by atoms with Gasteiger partial charge in [-0.3, -0.25) is 0 Å². The Morgan fingerprint density at radius 1 is 1.24 bits per heavy atom. The molecule has 1 fully saturated rings. The van der Waals surface area contributed by atoms with Crippen LogP contribution in [0.5, 0.6) is 0 Å². The van der Waals surface area contributed by atoms with Crippen molar-refractivity contribution < 1.29 is 4.74 Å². The molecule has 2 heteroatoms. The normalized spacial score (nSPS) is 20.7. The topological polar surface area (TPSA) is 21.3 Å². The van der Waals surface area contributed by atoms with Gasteiger partial charge in [-0.25, -0.2) is 0 Å². The molecule has 0 aliphatic carbocycles. The molecular formula is C15H21NO. The molecular weight excluding hydrogens is 210 g/mol. The lowest BCUT2D eigenvalue weighted by Gasteiger charge is -2.25. The van der Waals surface area contributed by atoms with Crippen LogP contribution in [0.4, 0.5) is 5.69 Å². The first-order chi connectivity index (χ1) is 8.43. The van der Waals surface area contributed by atoms with Crippen LogP contribution in [0, 0.1) is 5.92 Å². The third-order valence-corrected chi connectivity index (χ3v) is 4.04. The van der Waals surface area contributed by atoms with E-state index in [0.29, 0.717) is 0 Å². The van der Waals surface area contributed by atoms with Crippen molar-refractivity contribution in [3.63, 3.8) is 0 Å². The number of hydrogen-bond donors (Lipinski definition) is 1. The van der Waals surface area contributed by atoms with Crippen molar-refractivity contribution >= 4 is 5.69 Å². The Labute approximate surface area is 103 Å². The van der Waals surface area contributed by atoms with E-state index in [4.69, 9.17) is 4.74 Å². The molecule has 3 rings (SSSR count). The van der Waals surface area contributed by atoms with Crippen LogP contribution in [0.2, 0.25) is 0 Å². The Kier molecular flexibility index (Phi) is 3.32. The van der Waals surface area contributed by atoms with Gasteiger partial charge in [0.2, 0.25) is 0 Å². The summed E-state index contributed by atoms with van der Waals surface area (Å²) in [5, 5.41) is 3.52. The lowest BCUT2D eigenvalue weighted by Crippen LogP contribution is -2.19. The average Bonchev–Trinajstić information content (AvgIpc) is 2.40. The fraction of sp³-hybridized carbons (Fsp3) is 0.600. The molecule has 2 aliphatic rings. The van der Waals surface area contributed by atoms with Crippen LogP contribution >= 0.6 is 0 Å². The molecule has 0 atom stereocenters. The van der Waals surface area contributed by atoms with Gasteiger partial charge >= 0.3 is 0 Å². The Bertz CT molecular complexity index is 383. The minimum absolute atomic E-state index is 0.831. The van der Waals surface area contributed by atoms with E-state index in [1.165, 1.54) is 37.8 Å². The zero-order valence-corrected chi connectivity index (χ0v) is 10.4. The van der Waals surface area contributed by atoms with Crippen molar-refractivity contribution in [3.05, 3.63) is 29.3 Å². The van der Waals surface area contributed by atoms with Gasteiger partial charge in [-0.2, -0.15) is 0 Å². The SMILES string of the molecule is c1cc(CC2CCOCC2)c2c(c1)NCCC2. The summed E-state index contributed by atoms with van der Waals surface area (Å²) in [6.45, 7) is 3.05. The van der Waals surface area contributed by atoms with E-state index >= 15 is 0 Å². The summed E-state index contributed by atoms with van der Waals surface area (Å²) in [5.74, 6) is 0.831. The molecule has 0 bridgehead atoms. The van der Waals surface area contributed by atoms with Crippen LogP contribution in [0.1, 0.15) is 30.4 Å². The molecule has 0 saturated carbocycles. The average molecular weight is 231 g/mol. The van der Waals surface area contributed by atoms with Crippen molar-refractivity contribution in [3.8, 4) is 0 Å². The molecule has 1 aromatic rings. The van der Waals surface area contributed by atoms with E-state index in [2.05, 4.69) is 23.5 Å². The van der Waals surface area contributed by atoms with Crippen LogP contribution in [-0.4, -0.2) is 19.8 Å². The molecule has 92 valence electrons. The molecule has 1 aromatic carbocycles. The van der Waals surface area contributed by atoms with E-state index in [-0.39, 0.29) is 0 Å². The molecule has 0 amide bonds. The van der Waals surface area contributed by atoms with Gasteiger partial charge in [0.05, 0.1) is 0 Å². The summed E-state index contributed by atoms with van der Waals surface area (Å²) in [4.78, 5) is 0. The highest BCUT2D eigenvalue weighted by Gasteiger charge is 2.18. The van der Waals surface area contributed by atoms with Crippen LogP contribution in [-0.2, 0) is 17.6 Å². The van der Waals surface area contributed by atoms with Crippen LogP contribution < -0.4 is 5.32 Å². The van der Waals surface area contributed by atoms with Gasteiger partial charge in [0.15, 0.2) is 0 Å². The zero-order valence-electron chi connectivity index (χ0n) is 10.4. The van der Waals surface area contributed by atoms with E-state index in [9.17, 15) is 0 Å². The predicted molar refractivity (Wildman–Crippen MR) is 70.5 cm³/mol. The quantitative estimate of drug-likeness (QED) is 0.844. The summed E-state index contributed by atoms with van der Waals surface area (Å²) in [6, 6.07) is 6.75. The Hall–Kier alpha value is -1.02.